The summed E-state index contributed by atoms with van der Waals surface area (Å²) in [6.07, 6.45) is 1.57. The van der Waals surface area contributed by atoms with Gasteiger partial charge in [0.1, 0.15) is 11.8 Å². The van der Waals surface area contributed by atoms with Crippen LogP contribution in [-0.4, -0.2) is 70.1 Å². The number of methoxy groups -OCH3 is 2. The lowest BCUT2D eigenvalue weighted by Crippen LogP contribution is -2.55. The summed E-state index contributed by atoms with van der Waals surface area (Å²) in [6.45, 7) is 2.23. The standard InChI is InChI=1S/C32H39N5O6/c1-20(34-2)30(39)35-25-19-36(29(38)11-7-8-16-33)26-9-5-6-10-27(26)37(31(25)40)18-24-23-14-12-22(32(41)43-4)17-21(23)13-15-28(24)42-3/h5-6,9-10,12-15,17,20,25,34H,7-8,11,16,18-19,33H2,1-4H3,(H,35,39). The second kappa shape index (κ2) is 14.1. The zero-order chi connectivity index (χ0) is 31.1. The van der Waals surface area contributed by atoms with Gasteiger partial charge in [-0.2, -0.15) is 0 Å². The maximum absolute atomic E-state index is 14.3. The monoisotopic (exact) mass is 589 g/mol. The summed E-state index contributed by atoms with van der Waals surface area (Å²) in [7, 11) is 4.54. The highest BCUT2D eigenvalue weighted by Crippen LogP contribution is 2.37. The van der Waals surface area contributed by atoms with Gasteiger partial charge >= 0.3 is 5.97 Å². The molecular formula is C32H39N5O6. The Morgan fingerprint density at radius 3 is 2.47 bits per heavy atom. The van der Waals surface area contributed by atoms with Gasteiger partial charge in [0, 0.05) is 12.0 Å². The Bertz CT molecular complexity index is 1510. The van der Waals surface area contributed by atoms with Crippen molar-refractivity contribution in [2.45, 2.75) is 44.8 Å². The molecule has 3 amide bonds. The summed E-state index contributed by atoms with van der Waals surface area (Å²) >= 11 is 0. The first-order valence-corrected chi connectivity index (χ1v) is 14.3. The molecule has 2 atom stereocenters. The highest BCUT2D eigenvalue weighted by molar-refractivity contribution is 6.08. The summed E-state index contributed by atoms with van der Waals surface area (Å²) in [4.78, 5) is 56.2. The smallest absolute Gasteiger partial charge is 0.337 e. The van der Waals surface area contributed by atoms with Crippen molar-refractivity contribution in [3.8, 4) is 5.75 Å². The molecule has 1 aliphatic heterocycles. The van der Waals surface area contributed by atoms with Gasteiger partial charge in [0.2, 0.25) is 11.8 Å². The third kappa shape index (κ3) is 6.79. The fourth-order valence-electron chi connectivity index (χ4n) is 5.21. The molecule has 4 N–H and O–H groups in total. The van der Waals surface area contributed by atoms with Crippen LogP contribution in [0, 0.1) is 0 Å². The number of nitrogens with one attached hydrogen (secondary N) is 2. The van der Waals surface area contributed by atoms with Crippen molar-refractivity contribution in [2.24, 2.45) is 5.73 Å². The van der Waals surface area contributed by atoms with Crippen LogP contribution in [0.4, 0.5) is 11.4 Å². The molecule has 0 saturated carbocycles. The molecule has 1 aliphatic rings. The molecule has 43 heavy (non-hydrogen) atoms. The van der Waals surface area contributed by atoms with Gasteiger partial charge in [0.05, 0.1) is 50.3 Å². The maximum atomic E-state index is 14.3. The molecule has 11 nitrogen and oxygen atoms in total. The zero-order valence-corrected chi connectivity index (χ0v) is 25.0. The summed E-state index contributed by atoms with van der Waals surface area (Å²) < 4.78 is 10.6. The van der Waals surface area contributed by atoms with Crippen molar-refractivity contribution < 1.29 is 28.7 Å². The van der Waals surface area contributed by atoms with E-state index in [0.717, 1.165) is 10.8 Å². The Morgan fingerprint density at radius 1 is 1.05 bits per heavy atom. The van der Waals surface area contributed by atoms with E-state index in [2.05, 4.69) is 10.6 Å². The van der Waals surface area contributed by atoms with E-state index in [0.29, 0.717) is 47.6 Å². The van der Waals surface area contributed by atoms with Crippen molar-refractivity contribution in [2.75, 3.05) is 44.2 Å². The average molecular weight is 590 g/mol. The van der Waals surface area contributed by atoms with Gasteiger partial charge in [-0.1, -0.05) is 24.3 Å². The fraction of sp³-hybridized carbons (Fsp3) is 0.375. The third-order valence-corrected chi connectivity index (χ3v) is 7.73. The lowest BCUT2D eigenvalue weighted by molar-refractivity contribution is -0.128. The van der Waals surface area contributed by atoms with E-state index in [1.807, 2.05) is 12.1 Å². The Balaban J connectivity index is 1.83. The van der Waals surface area contributed by atoms with Crippen LogP contribution in [0.5, 0.6) is 5.75 Å². The minimum Gasteiger partial charge on any atom is -0.496 e. The van der Waals surface area contributed by atoms with Crippen molar-refractivity contribution in [1.29, 1.82) is 0 Å². The maximum Gasteiger partial charge on any atom is 0.337 e. The number of carbonyl (C=O) groups excluding carboxylic acids is 4. The first-order chi connectivity index (χ1) is 20.7. The number of ether oxygens (including phenoxy) is 2. The van der Waals surface area contributed by atoms with Crippen molar-refractivity contribution >= 4 is 45.8 Å². The minimum absolute atomic E-state index is 0.0227. The SMILES string of the molecule is CNC(C)C(=O)NC1CN(C(=O)CCCCN)c2ccccc2N(Cc2c(OC)ccc3cc(C(=O)OC)ccc23)C1=O. The molecule has 1 heterocycles. The molecular weight excluding hydrogens is 550 g/mol. The number of unbranched alkanes of at least 4 members (excludes halogenated alkanes) is 1. The number of nitrogens with two attached hydrogens (primary N) is 1. The number of benzene rings is 3. The zero-order valence-electron chi connectivity index (χ0n) is 25.0. The molecule has 0 aliphatic carbocycles. The Hall–Kier alpha value is -4.48. The van der Waals surface area contributed by atoms with Crippen LogP contribution in [-0.2, 0) is 25.7 Å². The first-order valence-electron chi connectivity index (χ1n) is 14.3. The number of amides is 3. The second-order valence-corrected chi connectivity index (χ2v) is 10.4. The molecule has 0 bridgehead atoms. The van der Waals surface area contributed by atoms with Crippen LogP contribution in [0.15, 0.2) is 54.6 Å². The predicted molar refractivity (Wildman–Crippen MR) is 165 cm³/mol. The third-order valence-electron chi connectivity index (χ3n) is 7.73. The number of rotatable bonds is 11. The number of esters is 1. The number of para-hydroxylation sites is 2. The van der Waals surface area contributed by atoms with Gasteiger partial charge in [-0.3, -0.25) is 14.4 Å². The highest BCUT2D eigenvalue weighted by atomic mass is 16.5. The summed E-state index contributed by atoms with van der Waals surface area (Å²) in [5, 5.41) is 7.30. The average Bonchev–Trinajstić information content (AvgIpc) is 3.14. The van der Waals surface area contributed by atoms with Gasteiger partial charge in [0.15, 0.2) is 0 Å². The molecule has 3 aromatic rings. The van der Waals surface area contributed by atoms with Crippen molar-refractivity contribution in [3.05, 3.63) is 65.7 Å². The van der Waals surface area contributed by atoms with E-state index in [9.17, 15) is 19.2 Å². The van der Waals surface area contributed by atoms with E-state index < -0.39 is 18.1 Å². The van der Waals surface area contributed by atoms with Crippen LogP contribution in [0.2, 0.25) is 0 Å². The number of fused-ring (bicyclic) bond motifs is 2. The molecule has 2 unspecified atom stereocenters. The number of hydrogen-bond acceptors (Lipinski definition) is 8. The first kappa shape index (κ1) is 31.5. The lowest BCUT2D eigenvalue weighted by atomic mass is 10.00. The quantitative estimate of drug-likeness (QED) is 0.229. The minimum atomic E-state index is -1.01. The van der Waals surface area contributed by atoms with Crippen LogP contribution in [0.25, 0.3) is 10.8 Å². The lowest BCUT2D eigenvalue weighted by Gasteiger charge is -2.27. The van der Waals surface area contributed by atoms with Gasteiger partial charge < -0.3 is 35.6 Å². The Kier molecular flexibility index (Phi) is 10.3. The number of carbonyl (C=O) groups is 4. The number of likely N-dealkylation sites (N-methyl/N-ethyl adjacent to an activating group) is 1. The van der Waals surface area contributed by atoms with Gasteiger partial charge in [0.25, 0.3) is 5.91 Å². The molecule has 0 saturated heterocycles. The Labute approximate surface area is 251 Å². The topological polar surface area (TPSA) is 143 Å². The van der Waals surface area contributed by atoms with Gasteiger partial charge in [-0.15, -0.1) is 0 Å². The molecule has 228 valence electrons. The van der Waals surface area contributed by atoms with Crippen molar-refractivity contribution in [1.82, 2.24) is 10.6 Å². The van der Waals surface area contributed by atoms with Gasteiger partial charge in [-0.05, 0) is 74.5 Å². The molecule has 0 radical (unpaired) electrons. The van der Waals surface area contributed by atoms with Crippen LogP contribution < -0.4 is 30.9 Å². The van der Waals surface area contributed by atoms with E-state index >= 15 is 0 Å². The van der Waals surface area contributed by atoms with E-state index in [1.54, 1.807) is 73.3 Å². The molecule has 4 rings (SSSR count). The van der Waals surface area contributed by atoms with Crippen molar-refractivity contribution in [3.63, 3.8) is 0 Å². The van der Waals surface area contributed by atoms with Crippen LogP contribution in [0.1, 0.15) is 42.1 Å². The number of anilines is 2. The molecule has 3 aromatic carbocycles. The highest BCUT2D eigenvalue weighted by Gasteiger charge is 2.37. The fourth-order valence-corrected chi connectivity index (χ4v) is 5.21. The number of nitrogens with zero attached hydrogens (tertiary/aromatic N) is 2. The largest absolute Gasteiger partial charge is 0.496 e. The van der Waals surface area contributed by atoms with E-state index in [1.165, 1.54) is 7.11 Å². The molecule has 0 spiro atoms. The Morgan fingerprint density at radius 2 is 1.79 bits per heavy atom. The molecule has 0 aromatic heterocycles. The van der Waals surface area contributed by atoms with Crippen LogP contribution >= 0.6 is 0 Å². The summed E-state index contributed by atoms with van der Waals surface area (Å²) in [5.74, 6) is -0.796. The number of hydrogen-bond donors (Lipinski definition) is 3. The predicted octanol–water partition coefficient (Wildman–Crippen LogP) is 2.74. The van der Waals surface area contributed by atoms with Crippen LogP contribution in [0.3, 0.4) is 0 Å². The van der Waals surface area contributed by atoms with E-state index in [-0.39, 0.29) is 37.2 Å². The summed E-state index contributed by atoms with van der Waals surface area (Å²) in [5.41, 5.74) is 7.85. The second-order valence-electron chi connectivity index (χ2n) is 10.4. The van der Waals surface area contributed by atoms with E-state index in [4.69, 9.17) is 15.2 Å². The molecule has 11 heteroatoms. The summed E-state index contributed by atoms with van der Waals surface area (Å²) in [6, 6.07) is 14.5. The van der Waals surface area contributed by atoms with Gasteiger partial charge in [-0.25, -0.2) is 4.79 Å². The normalized spacial score (nSPS) is 15.5. The molecule has 0 fully saturated rings.